The highest BCUT2D eigenvalue weighted by molar-refractivity contribution is 5.62. The van der Waals surface area contributed by atoms with E-state index in [0.29, 0.717) is 6.54 Å². The fourth-order valence-corrected chi connectivity index (χ4v) is 3.67. The second kappa shape index (κ2) is 8.03. The average Bonchev–Trinajstić information content (AvgIpc) is 3.07. The van der Waals surface area contributed by atoms with Crippen molar-refractivity contribution in [2.75, 3.05) is 7.05 Å². The molecule has 0 radical (unpaired) electrons. The van der Waals surface area contributed by atoms with Crippen LogP contribution in [0.1, 0.15) is 33.4 Å². The van der Waals surface area contributed by atoms with E-state index < -0.39 is 0 Å². The van der Waals surface area contributed by atoms with E-state index in [9.17, 15) is 9.50 Å². The van der Waals surface area contributed by atoms with Gasteiger partial charge in [-0.3, -0.25) is 10.00 Å². The third-order valence-electron chi connectivity index (χ3n) is 5.17. The number of aryl methyl sites for hydroxylation is 2. The number of hydrogen-bond donors (Lipinski definition) is 2. The number of aliphatic hydroxyl groups is 1. The lowest BCUT2D eigenvalue weighted by Gasteiger charge is -2.22. The fraction of sp³-hybridized carbons (Fsp3) is 0.318. The van der Waals surface area contributed by atoms with Gasteiger partial charge in [-0.05, 0) is 79.9 Å². The third-order valence-corrected chi connectivity index (χ3v) is 5.17. The van der Waals surface area contributed by atoms with Gasteiger partial charge in [-0.1, -0.05) is 6.07 Å². The molecule has 27 heavy (non-hydrogen) atoms. The number of nitrogens with one attached hydrogen (secondary N) is 1. The van der Waals surface area contributed by atoms with Gasteiger partial charge in [-0.2, -0.15) is 5.10 Å². The van der Waals surface area contributed by atoms with Crippen LogP contribution in [0.4, 0.5) is 4.39 Å². The Labute approximate surface area is 159 Å². The van der Waals surface area contributed by atoms with Gasteiger partial charge in [0.1, 0.15) is 5.82 Å². The van der Waals surface area contributed by atoms with E-state index in [0.717, 1.165) is 40.1 Å². The first kappa shape index (κ1) is 19.3. The summed E-state index contributed by atoms with van der Waals surface area (Å²) in [5, 5.41) is 16.9. The summed E-state index contributed by atoms with van der Waals surface area (Å²) in [5.41, 5.74) is 8.69. The molecule has 2 aromatic carbocycles. The monoisotopic (exact) mass is 367 g/mol. The molecule has 0 fully saturated rings. The zero-order valence-corrected chi connectivity index (χ0v) is 16.3. The molecule has 0 aliphatic carbocycles. The number of aliphatic hydroxyl groups excluding tert-OH is 1. The largest absolute Gasteiger partial charge is 0.392 e. The Hall–Kier alpha value is -2.50. The van der Waals surface area contributed by atoms with Gasteiger partial charge < -0.3 is 5.11 Å². The second-order valence-corrected chi connectivity index (χ2v) is 7.20. The maximum Gasteiger partial charge on any atom is 0.123 e. The van der Waals surface area contributed by atoms with E-state index in [1.54, 1.807) is 12.1 Å². The smallest absolute Gasteiger partial charge is 0.123 e. The SMILES string of the molecule is Cc1cc(C)c(CN(C)Cc2cn[nH]c2-c2ccc(F)cc2)c(C)c1CO. The molecule has 0 saturated carbocycles. The van der Waals surface area contributed by atoms with Crippen LogP contribution in [0.5, 0.6) is 0 Å². The van der Waals surface area contributed by atoms with Crippen molar-refractivity contribution in [3.8, 4) is 11.3 Å². The van der Waals surface area contributed by atoms with Gasteiger partial charge in [-0.25, -0.2) is 4.39 Å². The fourth-order valence-electron chi connectivity index (χ4n) is 3.67. The summed E-state index contributed by atoms with van der Waals surface area (Å²) in [7, 11) is 2.07. The van der Waals surface area contributed by atoms with Crippen LogP contribution in [-0.2, 0) is 19.7 Å². The van der Waals surface area contributed by atoms with E-state index >= 15 is 0 Å². The van der Waals surface area contributed by atoms with Crippen LogP contribution in [0.3, 0.4) is 0 Å². The Morgan fingerprint density at radius 1 is 1.04 bits per heavy atom. The van der Waals surface area contributed by atoms with Crippen LogP contribution < -0.4 is 0 Å². The van der Waals surface area contributed by atoms with Crippen LogP contribution >= 0.6 is 0 Å². The Bertz CT molecular complexity index is 931. The van der Waals surface area contributed by atoms with Crippen molar-refractivity contribution >= 4 is 0 Å². The van der Waals surface area contributed by atoms with Gasteiger partial charge in [0.2, 0.25) is 0 Å². The third kappa shape index (κ3) is 4.10. The first-order valence-electron chi connectivity index (χ1n) is 9.06. The van der Waals surface area contributed by atoms with Crippen LogP contribution in [0, 0.1) is 26.6 Å². The quantitative estimate of drug-likeness (QED) is 0.684. The van der Waals surface area contributed by atoms with Crippen molar-refractivity contribution in [3.05, 3.63) is 75.7 Å². The van der Waals surface area contributed by atoms with E-state index in [1.165, 1.54) is 23.3 Å². The minimum Gasteiger partial charge on any atom is -0.392 e. The summed E-state index contributed by atoms with van der Waals surface area (Å²) in [4.78, 5) is 2.23. The molecule has 1 heterocycles. The van der Waals surface area contributed by atoms with E-state index in [2.05, 4.69) is 42.1 Å². The minimum atomic E-state index is -0.248. The highest BCUT2D eigenvalue weighted by Gasteiger charge is 2.15. The Morgan fingerprint density at radius 3 is 2.37 bits per heavy atom. The van der Waals surface area contributed by atoms with Gasteiger partial charge >= 0.3 is 0 Å². The van der Waals surface area contributed by atoms with Crippen LogP contribution in [0.2, 0.25) is 0 Å². The molecule has 0 spiro atoms. The number of H-pyrrole nitrogens is 1. The van der Waals surface area contributed by atoms with Gasteiger partial charge in [-0.15, -0.1) is 0 Å². The lowest BCUT2D eigenvalue weighted by atomic mass is 9.93. The highest BCUT2D eigenvalue weighted by atomic mass is 19.1. The lowest BCUT2D eigenvalue weighted by Crippen LogP contribution is -2.19. The molecule has 3 rings (SSSR count). The molecule has 0 bridgehead atoms. The van der Waals surface area contributed by atoms with Crippen molar-refractivity contribution in [1.82, 2.24) is 15.1 Å². The normalized spacial score (nSPS) is 11.4. The van der Waals surface area contributed by atoms with Crippen molar-refractivity contribution in [2.24, 2.45) is 0 Å². The molecular weight excluding hydrogens is 341 g/mol. The number of aromatic amines is 1. The van der Waals surface area contributed by atoms with Crippen LogP contribution in [0.25, 0.3) is 11.3 Å². The van der Waals surface area contributed by atoms with Gasteiger partial charge in [0.15, 0.2) is 0 Å². The van der Waals surface area contributed by atoms with Crippen molar-refractivity contribution in [2.45, 2.75) is 40.5 Å². The maximum absolute atomic E-state index is 13.2. The van der Waals surface area contributed by atoms with Crippen LogP contribution in [0.15, 0.2) is 36.5 Å². The second-order valence-electron chi connectivity index (χ2n) is 7.20. The first-order valence-corrected chi connectivity index (χ1v) is 9.06. The molecular formula is C22H26FN3O. The zero-order chi connectivity index (χ0) is 19.6. The van der Waals surface area contributed by atoms with Gasteiger partial charge in [0.25, 0.3) is 0 Å². The molecule has 0 aliphatic heterocycles. The molecule has 4 nitrogen and oxygen atoms in total. The zero-order valence-electron chi connectivity index (χ0n) is 16.3. The van der Waals surface area contributed by atoms with Crippen LogP contribution in [-0.4, -0.2) is 27.3 Å². The number of rotatable bonds is 6. The number of nitrogens with zero attached hydrogens (tertiary/aromatic N) is 2. The van der Waals surface area contributed by atoms with E-state index in [-0.39, 0.29) is 12.4 Å². The highest BCUT2D eigenvalue weighted by Crippen LogP contribution is 2.26. The Balaban J connectivity index is 1.81. The number of hydrogen-bond acceptors (Lipinski definition) is 3. The molecule has 2 N–H and O–H groups in total. The first-order chi connectivity index (χ1) is 12.9. The molecule has 0 unspecified atom stereocenters. The summed E-state index contributed by atoms with van der Waals surface area (Å²) in [6, 6.07) is 8.57. The molecule has 0 atom stereocenters. The van der Waals surface area contributed by atoms with Gasteiger partial charge in [0, 0.05) is 24.2 Å². The van der Waals surface area contributed by atoms with Crippen molar-refractivity contribution in [3.63, 3.8) is 0 Å². The topological polar surface area (TPSA) is 52.2 Å². The molecule has 0 aliphatic rings. The molecule has 0 saturated heterocycles. The summed E-state index contributed by atoms with van der Waals surface area (Å²) in [6.07, 6.45) is 1.82. The maximum atomic E-state index is 13.2. The summed E-state index contributed by atoms with van der Waals surface area (Å²) in [6.45, 7) is 7.79. The summed E-state index contributed by atoms with van der Waals surface area (Å²) < 4.78 is 13.2. The lowest BCUT2D eigenvalue weighted by molar-refractivity contribution is 0.279. The average molecular weight is 367 g/mol. The molecule has 5 heteroatoms. The van der Waals surface area contributed by atoms with Crippen molar-refractivity contribution < 1.29 is 9.50 Å². The number of benzene rings is 2. The standard InChI is InChI=1S/C22H26FN3O/c1-14-9-15(2)21(13-27)16(3)20(14)12-26(4)11-18-10-24-25-22(18)17-5-7-19(23)8-6-17/h5-10,27H,11-13H2,1-4H3,(H,24,25). The molecule has 1 aromatic heterocycles. The van der Waals surface area contributed by atoms with E-state index in [4.69, 9.17) is 0 Å². The van der Waals surface area contributed by atoms with E-state index in [1.807, 2.05) is 13.1 Å². The number of aromatic nitrogens is 2. The predicted molar refractivity (Wildman–Crippen MR) is 106 cm³/mol. The van der Waals surface area contributed by atoms with Crippen molar-refractivity contribution in [1.29, 1.82) is 0 Å². The molecule has 0 amide bonds. The Morgan fingerprint density at radius 2 is 1.70 bits per heavy atom. The molecule has 142 valence electrons. The molecule has 3 aromatic rings. The predicted octanol–water partition coefficient (Wildman–Crippen LogP) is 4.27. The summed E-state index contributed by atoms with van der Waals surface area (Å²) in [5.74, 6) is -0.248. The Kier molecular flexibility index (Phi) is 5.73. The van der Waals surface area contributed by atoms with Gasteiger partial charge in [0.05, 0.1) is 18.5 Å². The summed E-state index contributed by atoms with van der Waals surface area (Å²) >= 11 is 0. The minimum absolute atomic E-state index is 0.0606. The number of halogens is 1.